The van der Waals surface area contributed by atoms with Gasteiger partial charge in [-0.15, -0.1) is 0 Å². The molecule has 25 heavy (non-hydrogen) atoms. The van der Waals surface area contributed by atoms with Crippen LogP contribution in [0.4, 0.5) is 0 Å². The topological polar surface area (TPSA) is 52.1 Å². The average Bonchev–Trinajstić information content (AvgIpc) is 3.24. The Balaban J connectivity index is 1.31. The third-order valence-electron chi connectivity index (χ3n) is 6.09. The maximum absolute atomic E-state index is 10.7. The number of nitrogens with zero attached hydrogens (tertiary/aromatic N) is 2. The molecule has 1 aromatic carbocycles. The van der Waals surface area contributed by atoms with Gasteiger partial charge in [0.05, 0.1) is 6.10 Å². The first kappa shape index (κ1) is 15.1. The van der Waals surface area contributed by atoms with E-state index < -0.39 is 0 Å². The maximum atomic E-state index is 10.7. The van der Waals surface area contributed by atoms with Gasteiger partial charge < -0.3 is 10.1 Å². The first-order chi connectivity index (χ1) is 12.3. The van der Waals surface area contributed by atoms with Gasteiger partial charge in [0.25, 0.3) is 0 Å². The molecule has 4 heteroatoms. The largest absolute Gasteiger partial charge is 0.387 e. The summed E-state index contributed by atoms with van der Waals surface area (Å²) in [6.07, 6.45) is 6.88. The zero-order chi connectivity index (χ0) is 16.8. The molecule has 3 aromatic rings. The van der Waals surface area contributed by atoms with Gasteiger partial charge in [-0.1, -0.05) is 24.3 Å². The number of nitrogens with one attached hydrogen (secondary N) is 1. The van der Waals surface area contributed by atoms with Gasteiger partial charge in [-0.05, 0) is 67.1 Å². The normalized spacial score (nSPS) is 24.7. The molecule has 5 rings (SSSR count). The van der Waals surface area contributed by atoms with Crippen molar-refractivity contribution in [3.8, 4) is 0 Å². The fourth-order valence-corrected chi connectivity index (χ4v) is 4.74. The van der Waals surface area contributed by atoms with E-state index in [9.17, 15) is 5.11 Å². The number of fused-ring (bicyclic) bond motifs is 2. The fraction of sp³-hybridized carbons (Fsp3) is 0.381. The number of aromatic amines is 1. The van der Waals surface area contributed by atoms with Crippen molar-refractivity contribution >= 4 is 11.0 Å². The summed E-state index contributed by atoms with van der Waals surface area (Å²) in [5.74, 6) is 0.579. The monoisotopic (exact) mass is 333 g/mol. The highest BCUT2D eigenvalue weighted by molar-refractivity contribution is 5.80. The quantitative estimate of drug-likeness (QED) is 0.756. The predicted octanol–water partition coefficient (Wildman–Crippen LogP) is 3.40. The number of hydrogen-bond acceptors (Lipinski definition) is 3. The van der Waals surface area contributed by atoms with Gasteiger partial charge in [0.15, 0.2) is 0 Å². The third-order valence-corrected chi connectivity index (χ3v) is 6.09. The Kier molecular flexibility index (Phi) is 3.61. The minimum Gasteiger partial charge on any atom is -0.387 e. The Labute approximate surface area is 147 Å². The molecule has 2 aromatic heterocycles. The standard InChI is InChI=1S/C21H23N3O/c25-20-16-5-2-1-4-15(16)12-19(20)24-10-7-14(8-11-24)18-13-23-21-17(18)6-3-9-22-21/h1-6,9,13-14,19-20,25H,7-8,10-12H2,(H,22,23). The summed E-state index contributed by atoms with van der Waals surface area (Å²) in [6.45, 7) is 2.10. The molecule has 2 unspecified atom stereocenters. The lowest BCUT2D eigenvalue weighted by Gasteiger charge is -2.37. The molecule has 1 fully saturated rings. The number of likely N-dealkylation sites (tertiary alicyclic amines) is 1. The average molecular weight is 333 g/mol. The van der Waals surface area contributed by atoms with Crippen molar-refractivity contribution in [2.45, 2.75) is 37.3 Å². The predicted molar refractivity (Wildman–Crippen MR) is 98.5 cm³/mol. The van der Waals surface area contributed by atoms with Crippen LogP contribution in [0.2, 0.25) is 0 Å². The summed E-state index contributed by atoms with van der Waals surface area (Å²) in [7, 11) is 0. The van der Waals surface area contributed by atoms with Crippen LogP contribution in [0.25, 0.3) is 11.0 Å². The lowest BCUT2D eigenvalue weighted by atomic mass is 9.88. The highest BCUT2D eigenvalue weighted by Gasteiger charge is 2.36. The first-order valence-electron chi connectivity index (χ1n) is 9.23. The molecule has 0 spiro atoms. The molecule has 0 bridgehead atoms. The molecule has 2 atom stereocenters. The number of piperidine rings is 1. The number of aliphatic hydroxyl groups is 1. The number of benzene rings is 1. The summed E-state index contributed by atoms with van der Waals surface area (Å²) in [4.78, 5) is 10.2. The smallest absolute Gasteiger partial charge is 0.137 e. The molecule has 0 radical (unpaired) electrons. The Morgan fingerprint density at radius 1 is 1.04 bits per heavy atom. The summed E-state index contributed by atoms with van der Waals surface area (Å²) in [5, 5.41) is 12.0. The van der Waals surface area contributed by atoms with Crippen molar-refractivity contribution in [2.24, 2.45) is 0 Å². The second-order valence-electron chi connectivity index (χ2n) is 7.37. The first-order valence-corrected chi connectivity index (χ1v) is 9.23. The summed E-state index contributed by atoms with van der Waals surface area (Å²) in [6, 6.07) is 12.8. The molecule has 1 saturated heterocycles. The second kappa shape index (κ2) is 5.97. The highest BCUT2D eigenvalue weighted by Crippen LogP contribution is 2.38. The molecule has 2 aliphatic rings. The molecule has 128 valence electrons. The minimum absolute atomic E-state index is 0.239. The third kappa shape index (κ3) is 2.48. The van der Waals surface area contributed by atoms with E-state index in [1.54, 1.807) is 0 Å². The van der Waals surface area contributed by atoms with Gasteiger partial charge in [0, 0.05) is 23.8 Å². The molecule has 4 nitrogen and oxygen atoms in total. The van der Waals surface area contributed by atoms with Gasteiger partial charge in [0.2, 0.25) is 0 Å². The van der Waals surface area contributed by atoms with Crippen LogP contribution in [0.15, 0.2) is 48.8 Å². The number of hydrogen-bond donors (Lipinski definition) is 2. The van der Waals surface area contributed by atoms with E-state index >= 15 is 0 Å². The maximum Gasteiger partial charge on any atom is 0.137 e. The van der Waals surface area contributed by atoms with Crippen LogP contribution in [0.1, 0.15) is 41.6 Å². The van der Waals surface area contributed by atoms with Gasteiger partial charge in [-0.3, -0.25) is 4.90 Å². The van der Waals surface area contributed by atoms with Gasteiger partial charge in [-0.25, -0.2) is 4.98 Å². The number of rotatable bonds is 2. The lowest BCUT2D eigenvalue weighted by molar-refractivity contribution is 0.0459. The van der Waals surface area contributed by atoms with Crippen LogP contribution in [-0.2, 0) is 6.42 Å². The molecule has 0 saturated carbocycles. The van der Waals surface area contributed by atoms with E-state index in [-0.39, 0.29) is 12.1 Å². The van der Waals surface area contributed by atoms with Crippen molar-refractivity contribution in [3.05, 3.63) is 65.5 Å². The van der Waals surface area contributed by atoms with E-state index in [0.29, 0.717) is 5.92 Å². The van der Waals surface area contributed by atoms with Crippen molar-refractivity contribution in [3.63, 3.8) is 0 Å². The summed E-state index contributed by atoms with van der Waals surface area (Å²) >= 11 is 0. The van der Waals surface area contributed by atoms with Crippen molar-refractivity contribution in [2.75, 3.05) is 13.1 Å². The zero-order valence-electron chi connectivity index (χ0n) is 14.2. The van der Waals surface area contributed by atoms with Gasteiger partial charge >= 0.3 is 0 Å². The molecule has 3 heterocycles. The van der Waals surface area contributed by atoms with Crippen LogP contribution >= 0.6 is 0 Å². The van der Waals surface area contributed by atoms with E-state index in [4.69, 9.17) is 0 Å². The van der Waals surface area contributed by atoms with E-state index in [1.165, 1.54) is 16.5 Å². The Hall–Kier alpha value is -2.17. The SMILES string of the molecule is OC1c2ccccc2CC1N1CCC(c2c[nH]c3ncccc23)CC1. The van der Waals surface area contributed by atoms with Crippen molar-refractivity contribution < 1.29 is 5.11 Å². The number of pyridine rings is 1. The Bertz CT molecular complexity index is 895. The second-order valence-corrected chi connectivity index (χ2v) is 7.37. The summed E-state index contributed by atoms with van der Waals surface area (Å²) < 4.78 is 0. The number of aliphatic hydroxyl groups excluding tert-OH is 1. The van der Waals surface area contributed by atoms with Crippen LogP contribution in [-0.4, -0.2) is 39.1 Å². The van der Waals surface area contributed by atoms with Crippen LogP contribution in [0.5, 0.6) is 0 Å². The van der Waals surface area contributed by atoms with E-state index in [2.05, 4.69) is 45.3 Å². The highest BCUT2D eigenvalue weighted by atomic mass is 16.3. The van der Waals surface area contributed by atoms with E-state index in [1.807, 2.05) is 18.3 Å². The molecular formula is C21H23N3O. The van der Waals surface area contributed by atoms with Gasteiger partial charge in [0.1, 0.15) is 5.65 Å². The van der Waals surface area contributed by atoms with Crippen LogP contribution < -0.4 is 0 Å². The number of aromatic nitrogens is 2. The van der Waals surface area contributed by atoms with Crippen LogP contribution in [0, 0.1) is 0 Å². The minimum atomic E-state index is -0.343. The molecule has 0 amide bonds. The zero-order valence-corrected chi connectivity index (χ0v) is 14.2. The van der Waals surface area contributed by atoms with Crippen molar-refractivity contribution in [1.82, 2.24) is 14.9 Å². The Morgan fingerprint density at radius 2 is 1.88 bits per heavy atom. The summed E-state index contributed by atoms with van der Waals surface area (Å²) in [5.41, 5.74) is 4.82. The molecular weight excluding hydrogens is 310 g/mol. The molecule has 2 N–H and O–H groups in total. The molecule has 1 aliphatic carbocycles. The lowest BCUT2D eigenvalue weighted by Crippen LogP contribution is -2.43. The van der Waals surface area contributed by atoms with Crippen LogP contribution in [0.3, 0.4) is 0 Å². The molecule has 1 aliphatic heterocycles. The number of H-pyrrole nitrogens is 1. The van der Waals surface area contributed by atoms with Crippen molar-refractivity contribution in [1.29, 1.82) is 0 Å². The van der Waals surface area contributed by atoms with E-state index in [0.717, 1.165) is 43.6 Å². The van der Waals surface area contributed by atoms with Gasteiger partial charge in [-0.2, -0.15) is 0 Å². The fourth-order valence-electron chi connectivity index (χ4n) is 4.74. The Morgan fingerprint density at radius 3 is 2.72 bits per heavy atom.